The normalized spacial score (nSPS) is 12.2. The van der Waals surface area contributed by atoms with E-state index in [9.17, 15) is 9.59 Å². The summed E-state index contributed by atoms with van der Waals surface area (Å²) in [5.41, 5.74) is 0.997. The van der Waals surface area contributed by atoms with Gasteiger partial charge in [0.25, 0.3) is 5.91 Å². The Kier molecular flexibility index (Phi) is 5.21. The maximum Gasteiger partial charge on any atom is 0.326 e. The number of carboxylic acid groups (broad SMARTS) is 1. The van der Waals surface area contributed by atoms with Gasteiger partial charge in [0.05, 0.1) is 0 Å². The number of aromatic nitrogens is 2. The summed E-state index contributed by atoms with van der Waals surface area (Å²) in [5, 5.41) is 15.5. The highest BCUT2D eigenvalue weighted by molar-refractivity contribution is 7.98. The van der Waals surface area contributed by atoms with E-state index in [-0.39, 0.29) is 5.69 Å². The van der Waals surface area contributed by atoms with E-state index in [0.717, 1.165) is 5.56 Å². The lowest BCUT2D eigenvalue weighted by molar-refractivity contribution is -0.139. The van der Waals surface area contributed by atoms with Crippen LogP contribution in [0.4, 0.5) is 0 Å². The van der Waals surface area contributed by atoms with Gasteiger partial charge in [0.15, 0.2) is 5.69 Å². The highest BCUT2D eigenvalue weighted by atomic mass is 32.2. The molecule has 1 heterocycles. The summed E-state index contributed by atoms with van der Waals surface area (Å²) in [5.74, 6) is -0.786. The van der Waals surface area contributed by atoms with Gasteiger partial charge in [-0.1, -0.05) is 0 Å². The summed E-state index contributed by atoms with van der Waals surface area (Å²) >= 11 is 1.54. The number of amides is 1. The maximum atomic E-state index is 11.9. The molecule has 100 valence electrons. The highest BCUT2D eigenvalue weighted by Crippen LogP contribution is 2.06. The first-order valence-electron chi connectivity index (χ1n) is 5.48. The van der Waals surface area contributed by atoms with Crippen molar-refractivity contribution in [1.82, 2.24) is 15.1 Å². The van der Waals surface area contributed by atoms with Crippen molar-refractivity contribution in [2.24, 2.45) is 7.05 Å². The van der Waals surface area contributed by atoms with Gasteiger partial charge in [0.1, 0.15) is 6.04 Å². The summed E-state index contributed by atoms with van der Waals surface area (Å²) in [4.78, 5) is 22.9. The number of carboxylic acids is 1. The molecule has 0 fully saturated rings. The second-order valence-corrected chi connectivity index (χ2v) is 4.97. The number of nitrogens with one attached hydrogen (secondary N) is 1. The maximum absolute atomic E-state index is 11.9. The summed E-state index contributed by atoms with van der Waals surface area (Å²) in [6.07, 6.45) is 4.00. The highest BCUT2D eigenvalue weighted by Gasteiger charge is 2.22. The fourth-order valence-electron chi connectivity index (χ4n) is 1.55. The van der Waals surface area contributed by atoms with Crippen molar-refractivity contribution in [1.29, 1.82) is 0 Å². The van der Waals surface area contributed by atoms with Crippen LogP contribution in [0.2, 0.25) is 0 Å². The monoisotopic (exact) mass is 271 g/mol. The lowest BCUT2D eigenvalue weighted by atomic mass is 10.2. The van der Waals surface area contributed by atoms with Crippen LogP contribution < -0.4 is 5.32 Å². The zero-order valence-corrected chi connectivity index (χ0v) is 11.5. The van der Waals surface area contributed by atoms with E-state index in [1.165, 1.54) is 4.68 Å². The zero-order chi connectivity index (χ0) is 13.7. The van der Waals surface area contributed by atoms with E-state index >= 15 is 0 Å². The Morgan fingerprint density at radius 2 is 2.28 bits per heavy atom. The molecule has 0 radical (unpaired) electrons. The van der Waals surface area contributed by atoms with Crippen molar-refractivity contribution in [2.75, 3.05) is 12.0 Å². The van der Waals surface area contributed by atoms with Crippen LogP contribution >= 0.6 is 11.8 Å². The number of aryl methyl sites for hydroxylation is 2. The Morgan fingerprint density at radius 3 is 2.72 bits per heavy atom. The molecule has 1 amide bonds. The van der Waals surface area contributed by atoms with E-state index in [2.05, 4.69) is 10.4 Å². The predicted molar refractivity (Wildman–Crippen MR) is 69.8 cm³/mol. The number of hydrogen-bond acceptors (Lipinski definition) is 4. The van der Waals surface area contributed by atoms with Crippen LogP contribution in [0.1, 0.15) is 22.5 Å². The third kappa shape index (κ3) is 3.76. The van der Waals surface area contributed by atoms with Gasteiger partial charge < -0.3 is 10.4 Å². The van der Waals surface area contributed by atoms with Gasteiger partial charge in [-0.2, -0.15) is 16.9 Å². The van der Waals surface area contributed by atoms with Crippen LogP contribution in [0.15, 0.2) is 6.20 Å². The summed E-state index contributed by atoms with van der Waals surface area (Å²) in [6.45, 7) is 1.76. The van der Waals surface area contributed by atoms with E-state index in [1.54, 1.807) is 31.9 Å². The Morgan fingerprint density at radius 1 is 1.61 bits per heavy atom. The number of carbonyl (C=O) groups excluding carboxylic acids is 1. The first kappa shape index (κ1) is 14.6. The molecule has 18 heavy (non-hydrogen) atoms. The number of aliphatic carboxylic acids is 1. The molecular weight excluding hydrogens is 254 g/mol. The quantitative estimate of drug-likeness (QED) is 0.794. The van der Waals surface area contributed by atoms with Crippen molar-refractivity contribution in [3.05, 3.63) is 17.5 Å². The molecule has 1 atom stereocenters. The van der Waals surface area contributed by atoms with E-state index in [1.807, 2.05) is 6.26 Å². The minimum atomic E-state index is -1.02. The third-order valence-corrected chi connectivity index (χ3v) is 3.08. The van der Waals surface area contributed by atoms with Crippen LogP contribution in [0.3, 0.4) is 0 Å². The van der Waals surface area contributed by atoms with Gasteiger partial charge in [0.2, 0.25) is 0 Å². The third-order valence-electron chi connectivity index (χ3n) is 2.44. The SMILES string of the molecule is CSCC[C@H](NC(=O)c1nn(C)cc1C)C(=O)O. The molecule has 0 aliphatic carbocycles. The molecule has 0 aliphatic heterocycles. The molecule has 1 rings (SSSR count). The van der Waals surface area contributed by atoms with Gasteiger partial charge in [-0.3, -0.25) is 9.48 Å². The number of rotatable bonds is 6. The predicted octanol–water partition coefficient (Wildman–Crippen LogP) is 0.665. The Hall–Kier alpha value is -1.50. The van der Waals surface area contributed by atoms with E-state index in [0.29, 0.717) is 12.2 Å². The average molecular weight is 271 g/mol. The van der Waals surface area contributed by atoms with Crippen molar-refractivity contribution >= 4 is 23.6 Å². The van der Waals surface area contributed by atoms with Crippen LogP contribution in [0, 0.1) is 6.92 Å². The lowest BCUT2D eigenvalue weighted by Gasteiger charge is -2.13. The first-order chi connectivity index (χ1) is 8.45. The standard InChI is InChI=1S/C11H17N3O3S/c1-7-6-14(2)13-9(7)10(15)12-8(11(16)17)4-5-18-3/h6,8H,4-5H2,1-3H3,(H,12,15)(H,16,17)/t8-/m0/s1. The minimum Gasteiger partial charge on any atom is -0.480 e. The average Bonchev–Trinajstić information content (AvgIpc) is 2.63. The van der Waals surface area contributed by atoms with Gasteiger partial charge in [-0.25, -0.2) is 4.79 Å². The van der Waals surface area contributed by atoms with Crippen molar-refractivity contribution < 1.29 is 14.7 Å². The van der Waals surface area contributed by atoms with E-state index in [4.69, 9.17) is 5.11 Å². The molecule has 0 saturated carbocycles. The summed E-state index contributed by atoms with van der Waals surface area (Å²) < 4.78 is 1.53. The molecule has 2 N–H and O–H groups in total. The Balaban J connectivity index is 2.72. The van der Waals surface area contributed by atoms with Crippen molar-refractivity contribution in [3.8, 4) is 0 Å². The van der Waals surface area contributed by atoms with Gasteiger partial charge >= 0.3 is 5.97 Å². The fraction of sp³-hybridized carbons (Fsp3) is 0.545. The van der Waals surface area contributed by atoms with Gasteiger partial charge in [-0.15, -0.1) is 0 Å². The molecule has 0 unspecified atom stereocenters. The number of thioether (sulfide) groups is 1. The topological polar surface area (TPSA) is 84.2 Å². The van der Waals surface area contributed by atoms with Gasteiger partial charge in [-0.05, 0) is 25.4 Å². The molecule has 0 bridgehead atoms. The van der Waals surface area contributed by atoms with Crippen LogP contribution in [-0.4, -0.2) is 44.8 Å². The Labute approximate surface area is 110 Å². The molecule has 0 saturated heterocycles. The van der Waals surface area contributed by atoms with Crippen molar-refractivity contribution in [3.63, 3.8) is 0 Å². The molecule has 0 spiro atoms. The molecule has 6 nitrogen and oxygen atoms in total. The van der Waals surface area contributed by atoms with E-state index < -0.39 is 17.9 Å². The van der Waals surface area contributed by atoms with Gasteiger partial charge in [0, 0.05) is 18.8 Å². The number of nitrogens with zero attached hydrogens (tertiary/aromatic N) is 2. The molecule has 1 aromatic heterocycles. The first-order valence-corrected chi connectivity index (χ1v) is 6.88. The number of hydrogen-bond donors (Lipinski definition) is 2. The molecule has 7 heteroatoms. The lowest BCUT2D eigenvalue weighted by Crippen LogP contribution is -2.41. The molecule has 0 aromatic carbocycles. The van der Waals surface area contributed by atoms with Crippen LogP contribution in [0.25, 0.3) is 0 Å². The summed E-state index contributed by atoms with van der Waals surface area (Å²) in [7, 11) is 1.71. The minimum absolute atomic E-state index is 0.271. The second-order valence-electron chi connectivity index (χ2n) is 3.98. The van der Waals surface area contributed by atoms with Crippen molar-refractivity contribution in [2.45, 2.75) is 19.4 Å². The zero-order valence-electron chi connectivity index (χ0n) is 10.6. The molecule has 0 aliphatic rings. The molecular formula is C11H17N3O3S. The Bertz CT molecular complexity index is 445. The second kappa shape index (κ2) is 6.44. The number of carbonyl (C=O) groups is 2. The summed E-state index contributed by atoms with van der Waals surface area (Å²) in [6, 6.07) is -0.869. The smallest absolute Gasteiger partial charge is 0.326 e. The van der Waals surface area contributed by atoms with Crippen LogP contribution in [-0.2, 0) is 11.8 Å². The fourth-order valence-corrected chi connectivity index (χ4v) is 2.02. The van der Waals surface area contributed by atoms with Crippen LogP contribution in [0.5, 0.6) is 0 Å². The largest absolute Gasteiger partial charge is 0.480 e. The molecule has 1 aromatic rings.